The summed E-state index contributed by atoms with van der Waals surface area (Å²) in [6, 6.07) is 14.7. The second-order valence-corrected chi connectivity index (χ2v) is 8.77. The van der Waals surface area contributed by atoms with Crippen LogP contribution in [0.15, 0.2) is 82.2 Å². The molecule has 2 aromatic carbocycles. The highest BCUT2D eigenvalue weighted by Gasteiger charge is 2.33. The van der Waals surface area contributed by atoms with Gasteiger partial charge in [0.1, 0.15) is 5.75 Å². The van der Waals surface area contributed by atoms with Crippen LogP contribution in [0.4, 0.5) is 0 Å². The van der Waals surface area contributed by atoms with Crippen LogP contribution in [0.3, 0.4) is 0 Å². The largest absolute Gasteiger partial charge is 0.496 e. The Hall–Kier alpha value is -3.71. The van der Waals surface area contributed by atoms with Crippen molar-refractivity contribution >= 4 is 23.4 Å². The number of aromatic nitrogens is 1. The fourth-order valence-electron chi connectivity index (χ4n) is 4.17. The molecular weight excluding hydrogens is 448 g/mol. The Morgan fingerprint density at radius 2 is 1.97 bits per heavy atom. The molecule has 1 aliphatic heterocycles. The van der Waals surface area contributed by atoms with Gasteiger partial charge >= 0.3 is 5.97 Å². The molecule has 2 heterocycles. The van der Waals surface area contributed by atoms with Crippen molar-refractivity contribution in [3.63, 3.8) is 0 Å². The zero-order valence-electron chi connectivity index (χ0n) is 19.4. The summed E-state index contributed by atoms with van der Waals surface area (Å²) in [6.45, 7) is 5.75. The summed E-state index contributed by atoms with van der Waals surface area (Å²) in [6.07, 6.45) is 4.87. The van der Waals surface area contributed by atoms with Crippen molar-refractivity contribution in [2.24, 2.45) is 4.99 Å². The molecule has 1 aliphatic rings. The molecule has 0 spiro atoms. The Morgan fingerprint density at radius 3 is 2.62 bits per heavy atom. The molecule has 6 nitrogen and oxygen atoms in total. The molecule has 7 heteroatoms. The Bertz CT molecular complexity index is 1450. The van der Waals surface area contributed by atoms with Gasteiger partial charge in [0.2, 0.25) is 0 Å². The van der Waals surface area contributed by atoms with Crippen molar-refractivity contribution in [3.05, 3.63) is 109 Å². The van der Waals surface area contributed by atoms with Crippen LogP contribution in [0.5, 0.6) is 5.75 Å². The Morgan fingerprint density at radius 1 is 1.21 bits per heavy atom. The van der Waals surface area contributed by atoms with Crippen LogP contribution in [0.2, 0.25) is 0 Å². The van der Waals surface area contributed by atoms with Gasteiger partial charge in [-0.2, -0.15) is 0 Å². The van der Waals surface area contributed by atoms with E-state index >= 15 is 0 Å². The number of hydrogen-bond donors (Lipinski definition) is 0. The van der Waals surface area contributed by atoms with E-state index in [1.807, 2.05) is 67.6 Å². The third-order valence-corrected chi connectivity index (χ3v) is 6.71. The van der Waals surface area contributed by atoms with Crippen molar-refractivity contribution in [1.82, 2.24) is 4.57 Å². The number of esters is 1. The van der Waals surface area contributed by atoms with E-state index in [0.717, 1.165) is 22.4 Å². The SMILES string of the molecule is C=CCc1cc(/C=c2\sc3n(c2=O)[C@@H](c2ccccc2)C(C(=O)OC)=C(CC)N=3)ccc1OC. The number of methoxy groups -OCH3 is 2. The predicted molar refractivity (Wildman–Crippen MR) is 134 cm³/mol. The molecule has 174 valence electrons. The summed E-state index contributed by atoms with van der Waals surface area (Å²) in [7, 11) is 2.98. The normalized spacial score (nSPS) is 15.5. The van der Waals surface area contributed by atoms with E-state index in [1.54, 1.807) is 11.7 Å². The van der Waals surface area contributed by atoms with Crippen molar-refractivity contribution < 1.29 is 14.3 Å². The van der Waals surface area contributed by atoms with Crippen molar-refractivity contribution in [2.75, 3.05) is 14.2 Å². The maximum Gasteiger partial charge on any atom is 0.338 e. The number of nitrogens with zero attached hydrogens (tertiary/aromatic N) is 2. The highest BCUT2D eigenvalue weighted by molar-refractivity contribution is 7.07. The minimum absolute atomic E-state index is 0.199. The zero-order valence-corrected chi connectivity index (χ0v) is 20.2. The average Bonchev–Trinajstić information content (AvgIpc) is 3.17. The van der Waals surface area contributed by atoms with Crippen LogP contribution in [-0.2, 0) is 16.0 Å². The molecule has 0 N–H and O–H groups in total. The number of allylic oxidation sites excluding steroid dienone is 2. The lowest BCUT2D eigenvalue weighted by Crippen LogP contribution is -2.40. The first-order valence-corrected chi connectivity index (χ1v) is 11.8. The summed E-state index contributed by atoms with van der Waals surface area (Å²) < 4.78 is 12.7. The van der Waals surface area contributed by atoms with Crippen LogP contribution in [0.25, 0.3) is 6.08 Å². The first-order valence-electron chi connectivity index (χ1n) is 11.0. The highest BCUT2D eigenvalue weighted by Crippen LogP contribution is 2.31. The molecule has 0 unspecified atom stereocenters. The summed E-state index contributed by atoms with van der Waals surface area (Å²) in [4.78, 5) is 31.7. The van der Waals surface area contributed by atoms with Gasteiger partial charge in [-0.1, -0.05) is 60.7 Å². The van der Waals surface area contributed by atoms with Gasteiger partial charge in [-0.25, -0.2) is 9.79 Å². The van der Waals surface area contributed by atoms with Gasteiger partial charge in [0.05, 0.1) is 36.1 Å². The van der Waals surface area contributed by atoms with Crippen LogP contribution >= 0.6 is 11.3 Å². The number of thiazole rings is 1. The van der Waals surface area contributed by atoms with E-state index < -0.39 is 12.0 Å². The maximum atomic E-state index is 13.7. The molecule has 0 fully saturated rings. The first-order chi connectivity index (χ1) is 16.5. The van der Waals surface area contributed by atoms with Gasteiger partial charge in [0, 0.05) is 0 Å². The third-order valence-electron chi connectivity index (χ3n) is 5.73. The van der Waals surface area contributed by atoms with Crippen LogP contribution < -0.4 is 19.6 Å². The van der Waals surface area contributed by atoms with Gasteiger partial charge in [-0.15, -0.1) is 6.58 Å². The van der Waals surface area contributed by atoms with E-state index in [9.17, 15) is 9.59 Å². The predicted octanol–water partition coefficient (Wildman–Crippen LogP) is 3.54. The van der Waals surface area contributed by atoms with E-state index in [2.05, 4.69) is 6.58 Å². The maximum absolute atomic E-state index is 13.7. The molecule has 34 heavy (non-hydrogen) atoms. The van der Waals surface area contributed by atoms with Gasteiger partial charge in [0.15, 0.2) is 4.80 Å². The fourth-order valence-corrected chi connectivity index (χ4v) is 5.19. The molecule has 0 radical (unpaired) electrons. The average molecular weight is 475 g/mol. The minimum Gasteiger partial charge on any atom is -0.496 e. The number of fused-ring (bicyclic) bond motifs is 1. The molecule has 4 rings (SSSR count). The van der Waals surface area contributed by atoms with Crippen LogP contribution in [-0.4, -0.2) is 24.8 Å². The van der Waals surface area contributed by atoms with E-state index in [1.165, 1.54) is 18.4 Å². The molecule has 0 aliphatic carbocycles. The molecule has 0 amide bonds. The number of carbonyl (C=O) groups excluding carboxylic acids is 1. The highest BCUT2D eigenvalue weighted by atomic mass is 32.1. The first kappa shape index (κ1) is 23.4. The number of benzene rings is 2. The van der Waals surface area contributed by atoms with Gasteiger partial charge in [0.25, 0.3) is 5.56 Å². The van der Waals surface area contributed by atoms with Gasteiger partial charge in [-0.3, -0.25) is 9.36 Å². The van der Waals surface area contributed by atoms with Gasteiger partial charge in [-0.05, 0) is 47.7 Å². The molecule has 0 saturated heterocycles. The quantitative estimate of drug-likeness (QED) is 0.388. The Balaban J connectivity index is 1.94. The second kappa shape index (κ2) is 10.1. The summed E-state index contributed by atoms with van der Waals surface area (Å²) in [5.41, 5.74) is 3.52. The smallest absolute Gasteiger partial charge is 0.338 e. The number of carbonyl (C=O) groups is 1. The fraction of sp³-hybridized carbons (Fsp3) is 0.222. The standard InChI is InChI=1S/C27H26N2O4S/c1-5-10-19-15-17(13-14-21(19)32-3)16-22-25(30)29-24(18-11-8-7-9-12-18)23(26(31)33-4)20(6-2)28-27(29)34-22/h5,7-9,11-16,24H,1,6,10H2,2-4H3/b22-16-/t24-/m0/s1. The lowest BCUT2D eigenvalue weighted by molar-refractivity contribution is -0.136. The minimum atomic E-state index is -0.603. The number of rotatable bonds is 7. The van der Waals surface area contributed by atoms with Crippen molar-refractivity contribution in [3.8, 4) is 5.75 Å². The molecular formula is C27H26N2O4S. The van der Waals surface area contributed by atoms with Crippen molar-refractivity contribution in [1.29, 1.82) is 0 Å². The van der Waals surface area contributed by atoms with Crippen LogP contribution in [0, 0.1) is 0 Å². The lowest BCUT2D eigenvalue weighted by atomic mass is 9.95. The molecule has 3 aromatic rings. The van der Waals surface area contributed by atoms with E-state index in [0.29, 0.717) is 33.4 Å². The number of hydrogen-bond acceptors (Lipinski definition) is 6. The monoisotopic (exact) mass is 474 g/mol. The molecule has 0 saturated carbocycles. The molecule has 1 aromatic heterocycles. The zero-order chi connectivity index (χ0) is 24.2. The van der Waals surface area contributed by atoms with Gasteiger partial charge < -0.3 is 9.47 Å². The Kier molecular flexibility index (Phi) is 6.93. The topological polar surface area (TPSA) is 69.9 Å². The summed E-state index contributed by atoms with van der Waals surface area (Å²) in [5, 5.41) is 0. The Labute approximate surface area is 201 Å². The third kappa shape index (κ3) is 4.26. The molecule has 1 atom stereocenters. The van der Waals surface area contributed by atoms with Crippen molar-refractivity contribution in [2.45, 2.75) is 25.8 Å². The van der Waals surface area contributed by atoms with Crippen LogP contribution in [0.1, 0.15) is 36.1 Å². The lowest BCUT2D eigenvalue weighted by Gasteiger charge is -2.25. The summed E-state index contributed by atoms with van der Waals surface area (Å²) in [5.74, 6) is 0.297. The number of ether oxygens (including phenoxy) is 2. The second-order valence-electron chi connectivity index (χ2n) is 7.76. The van der Waals surface area contributed by atoms with E-state index in [-0.39, 0.29) is 5.56 Å². The van der Waals surface area contributed by atoms with E-state index in [4.69, 9.17) is 14.5 Å². The molecule has 0 bridgehead atoms. The summed E-state index contributed by atoms with van der Waals surface area (Å²) >= 11 is 1.32.